The van der Waals surface area contributed by atoms with E-state index in [2.05, 4.69) is 0 Å². The van der Waals surface area contributed by atoms with Crippen LogP contribution < -0.4 is 5.43 Å². The van der Waals surface area contributed by atoms with Crippen LogP contribution in [-0.4, -0.2) is 11.0 Å². The fraction of sp³-hybridized carbons (Fsp3) is 0.0588. The van der Waals surface area contributed by atoms with E-state index < -0.39 is 0 Å². The van der Waals surface area contributed by atoms with Gasteiger partial charge in [0.1, 0.15) is 17.4 Å². The zero-order valence-corrected chi connectivity index (χ0v) is 11.4. The molecule has 104 valence electrons. The number of nitrogens with zero attached hydrogens (tertiary/aromatic N) is 1. The lowest BCUT2D eigenvalue weighted by molar-refractivity contribution is -0.354. The van der Waals surface area contributed by atoms with Gasteiger partial charge < -0.3 is 9.62 Å². The third kappa shape index (κ3) is 2.56. The number of aryl methyl sites for hydroxylation is 1. The van der Waals surface area contributed by atoms with Crippen LogP contribution in [0, 0.1) is 12.1 Å². The van der Waals surface area contributed by atoms with Crippen molar-refractivity contribution in [1.29, 1.82) is 0 Å². The van der Waals surface area contributed by atoms with Crippen molar-refractivity contribution in [2.75, 3.05) is 0 Å². The molecular weight excluding hydrogens is 266 g/mol. The highest BCUT2D eigenvalue weighted by atomic mass is 16.5. The van der Waals surface area contributed by atoms with Crippen LogP contribution >= 0.6 is 0 Å². The molecule has 0 spiro atoms. The van der Waals surface area contributed by atoms with Crippen molar-refractivity contribution in [2.45, 2.75) is 6.92 Å². The van der Waals surface area contributed by atoms with E-state index >= 15 is 0 Å². The molecule has 4 heteroatoms. The standard InChI is InChI=1S/C17H13NO3/c1-12-6-8-14(9-7-12)18(20)10-13-11-21-16-5-3-2-4-15(16)17(13)19/h2-11H,1H3/b18-10-. The summed E-state index contributed by atoms with van der Waals surface area (Å²) in [6.45, 7) is 1.95. The van der Waals surface area contributed by atoms with Crippen LogP contribution in [-0.2, 0) is 0 Å². The summed E-state index contributed by atoms with van der Waals surface area (Å²) in [5, 5.41) is 12.6. The minimum absolute atomic E-state index is 0.218. The Hall–Kier alpha value is -2.88. The Morgan fingerprint density at radius 1 is 1.10 bits per heavy atom. The second-order valence-corrected chi connectivity index (χ2v) is 4.81. The molecule has 0 saturated carbocycles. The van der Waals surface area contributed by atoms with Crippen LogP contribution in [0.5, 0.6) is 0 Å². The highest BCUT2D eigenvalue weighted by Crippen LogP contribution is 2.13. The predicted octanol–water partition coefficient (Wildman–Crippen LogP) is 3.36. The summed E-state index contributed by atoms with van der Waals surface area (Å²) in [7, 11) is 0. The van der Waals surface area contributed by atoms with E-state index in [-0.39, 0.29) is 11.0 Å². The number of fused-ring (bicyclic) bond motifs is 1. The molecule has 1 heterocycles. The lowest BCUT2D eigenvalue weighted by Gasteiger charge is -2.03. The van der Waals surface area contributed by atoms with Crippen LogP contribution in [0.1, 0.15) is 11.1 Å². The van der Waals surface area contributed by atoms with Crippen molar-refractivity contribution in [3.05, 3.63) is 81.4 Å². The number of rotatable bonds is 2. The number of hydrogen-bond acceptors (Lipinski definition) is 3. The average Bonchev–Trinajstić information content (AvgIpc) is 2.51. The maximum absolute atomic E-state index is 12.3. The normalized spacial score (nSPS) is 11.8. The Bertz CT molecular complexity index is 876. The van der Waals surface area contributed by atoms with Gasteiger partial charge in [-0.25, -0.2) is 0 Å². The number of hydrogen-bond donors (Lipinski definition) is 0. The van der Waals surface area contributed by atoms with E-state index in [1.165, 1.54) is 12.5 Å². The van der Waals surface area contributed by atoms with Crippen LogP contribution in [0.2, 0.25) is 0 Å². The lowest BCUT2D eigenvalue weighted by atomic mass is 10.2. The van der Waals surface area contributed by atoms with E-state index in [9.17, 15) is 10.0 Å². The molecule has 0 N–H and O–H groups in total. The van der Waals surface area contributed by atoms with Gasteiger partial charge in [-0.1, -0.05) is 29.8 Å². The zero-order valence-electron chi connectivity index (χ0n) is 11.4. The fourth-order valence-electron chi connectivity index (χ4n) is 2.07. The van der Waals surface area contributed by atoms with Crippen molar-refractivity contribution in [3.63, 3.8) is 0 Å². The molecule has 0 saturated heterocycles. The number of benzene rings is 2. The monoisotopic (exact) mass is 279 g/mol. The summed E-state index contributed by atoms with van der Waals surface area (Å²) in [5.74, 6) is 0. The van der Waals surface area contributed by atoms with Gasteiger partial charge in [-0.2, -0.15) is 4.74 Å². The molecular formula is C17H13NO3. The summed E-state index contributed by atoms with van der Waals surface area (Å²) < 4.78 is 6.05. The highest BCUT2D eigenvalue weighted by molar-refractivity contribution is 5.84. The fourth-order valence-corrected chi connectivity index (χ4v) is 2.07. The Morgan fingerprint density at radius 3 is 2.57 bits per heavy atom. The van der Waals surface area contributed by atoms with Gasteiger partial charge in [0.15, 0.2) is 6.21 Å². The van der Waals surface area contributed by atoms with Crippen LogP contribution in [0.25, 0.3) is 11.0 Å². The quantitative estimate of drug-likeness (QED) is 0.313. The summed E-state index contributed by atoms with van der Waals surface area (Å²) in [6.07, 6.45) is 2.55. The molecule has 0 atom stereocenters. The molecule has 3 aromatic rings. The third-order valence-corrected chi connectivity index (χ3v) is 3.25. The van der Waals surface area contributed by atoms with E-state index in [0.29, 0.717) is 21.4 Å². The van der Waals surface area contributed by atoms with Gasteiger partial charge in [0.05, 0.1) is 5.39 Å². The first kappa shape index (κ1) is 13.1. The molecule has 0 bridgehead atoms. The van der Waals surface area contributed by atoms with Crippen molar-refractivity contribution >= 4 is 22.9 Å². The Labute approximate surface area is 121 Å². The minimum atomic E-state index is -0.218. The molecule has 0 fully saturated rings. The summed E-state index contributed by atoms with van der Waals surface area (Å²) >= 11 is 0. The average molecular weight is 279 g/mol. The van der Waals surface area contributed by atoms with Crippen molar-refractivity contribution in [2.24, 2.45) is 0 Å². The second kappa shape index (κ2) is 5.25. The lowest BCUT2D eigenvalue weighted by Crippen LogP contribution is -2.11. The van der Waals surface area contributed by atoms with Crippen molar-refractivity contribution in [3.8, 4) is 0 Å². The maximum atomic E-state index is 12.3. The van der Waals surface area contributed by atoms with E-state index in [0.717, 1.165) is 5.56 Å². The van der Waals surface area contributed by atoms with Gasteiger partial charge in [0.2, 0.25) is 11.1 Å². The Morgan fingerprint density at radius 2 is 1.81 bits per heavy atom. The Balaban J connectivity index is 2.08. The first-order valence-electron chi connectivity index (χ1n) is 6.53. The summed E-state index contributed by atoms with van der Waals surface area (Å²) in [6, 6.07) is 14.1. The molecule has 1 aromatic heterocycles. The zero-order chi connectivity index (χ0) is 14.8. The first-order chi connectivity index (χ1) is 10.1. The molecule has 0 radical (unpaired) electrons. The van der Waals surface area contributed by atoms with E-state index in [4.69, 9.17) is 4.42 Å². The van der Waals surface area contributed by atoms with Crippen molar-refractivity contribution in [1.82, 2.24) is 0 Å². The number of para-hydroxylation sites is 1. The van der Waals surface area contributed by atoms with Gasteiger partial charge >= 0.3 is 0 Å². The van der Waals surface area contributed by atoms with Gasteiger partial charge in [-0.15, -0.1) is 0 Å². The summed E-state index contributed by atoms with van der Waals surface area (Å²) in [5.41, 5.74) is 2.05. The van der Waals surface area contributed by atoms with Crippen molar-refractivity contribution < 1.29 is 9.16 Å². The van der Waals surface area contributed by atoms with Gasteiger partial charge in [0, 0.05) is 12.1 Å². The summed E-state index contributed by atoms with van der Waals surface area (Å²) in [4.78, 5) is 12.3. The SMILES string of the molecule is Cc1ccc(/[N+]([O-])=C/c2coc3ccccc3c2=O)cc1. The molecule has 21 heavy (non-hydrogen) atoms. The molecule has 0 aliphatic carbocycles. The largest absolute Gasteiger partial charge is 0.618 e. The van der Waals surface area contributed by atoms with E-state index in [1.807, 2.05) is 19.1 Å². The predicted molar refractivity (Wildman–Crippen MR) is 82.1 cm³/mol. The van der Waals surface area contributed by atoms with Gasteiger partial charge in [0.25, 0.3) is 0 Å². The molecule has 0 aliphatic rings. The second-order valence-electron chi connectivity index (χ2n) is 4.81. The van der Waals surface area contributed by atoms with E-state index in [1.54, 1.807) is 36.4 Å². The maximum Gasteiger partial charge on any atom is 0.216 e. The van der Waals surface area contributed by atoms with Crippen LogP contribution in [0.3, 0.4) is 0 Å². The topological polar surface area (TPSA) is 56.3 Å². The Kier molecular flexibility index (Phi) is 3.28. The van der Waals surface area contributed by atoms with Gasteiger partial charge in [-0.3, -0.25) is 4.79 Å². The van der Waals surface area contributed by atoms with Crippen LogP contribution in [0.4, 0.5) is 5.69 Å². The molecule has 0 unspecified atom stereocenters. The first-order valence-corrected chi connectivity index (χ1v) is 6.53. The molecule has 3 rings (SSSR count). The van der Waals surface area contributed by atoms with Crippen LogP contribution in [0.15, 0.2) is 64.0 Å². The smallest absolute Gasteiger partial charge is 0.216 e. The highest BCUT2D eigenvalue weighted by Gasteiger charge is 2.08. The third-order valence-electron chi connectivity index (χ3n) is 3.25. The molecule has 2 aromatic carbocycles. The molecule has 0 aliphatic heterocycles. The van der Waals surface area contributed by atoms with Gasteiger partial charge in [-0.05, 0) is 19.1 Å². The molecule has 4 nitrogen and oxygen atoms in total. The minimum Gasteiger partial charge on any atom is -0.618 e. The molecule has 0 amide bonds.